The minimum Gasteiger partial charge on any atom is -0.390 e. The van der Waals surface area contributed by atoms with Gasteiger partial charge in [0.15, 0.2) is 0 Å². The molecule has 82 valence electrons. The Hall–Kier alpha value is -0.380. The van der Waals surface area contributed by atoms with Gasteiger partial charge in [0.05, 0.1) is 12.2 Å². The summed E-state index contributed by atoms with van der Waals surface area (Å²) in [4.78, 5) is 0. The summed E-state index contributed by atoms with van der Waals surface area (Å²) in [5.41, 5.74) is 1.06. The molecule has 0 radical (unpaired) electrons. The number of halogens is 1. The van der Waals surface area contributed by atoms with Crippen LogP contribution in [0.2, 0.25) is 0 Å². The molecule has 1 fully saturated rings. The van der Waals surface area contributed by atoms with Gasteiger partial charge >= 0.3 is 0 Å². The lowest BCUT2D eigenvalue weighted by molar-refractivity contribution is 0.00673. The molecule has 0 bridgehead atoms. The summed E-state index contributed by atoms with van der Waals surface area (Å²) in [5, 5.41) is 19.5. The zero-order valence-corrected chi connectivity index (χ0v) is 10.0. The molecule has 2 unspecified atom stereocenters. The first-order valence-corrected chi connectivity index (χ1v) is 6.06. The van der Waals surface area contributed by atoms with Crippen molar-refractivity contribution in [1.82, 2.24) is 0 Å². The van der Waals surface area contributed by atoms with E-state index in [4.69, 9.17) is 0 Å². The Bertz CT molecular complexity index is 319. The molecular weight excluding hydrogens is 256 g/mol. The van der Waals surface area contributed by atoms with Crippen LogP contribution in [0.1, 0.15) is 18.4 Å². The molecule has 2 atom stereocenters. The lowest BCUT2D eigenvalue weighted by Crippen LogP contribution is -2.29. The van der Waals surface area contributed by atoms with Crippen molar-refractivity contribution in [3.8, 4) is 0 Å². The molecule has 0 aromatic heterocycles. The SMILES string of the molecule is OC(Cc1ccc(Br)cc1)C(O)C1CC1. The van der Waals surface area contributed by atoms with Gasteiger partial charge < -0.3 is 10.2 Å². The molecule has 2 nitrogen and oxygen atoms in total. The summed E-state index contributed by atoms with van der Waals surface area (Å²) in [6.45, 7) is 0. The van der Waals surface area contributed by atoms with E-state index in [1.54, 1.807) is 0 Å². The van der Waals surface area contributed by atoms with Gasteiger partial charge in [-0.3, -0.25) is 0 Å². The third-order valence-corrected chi connectivity index (χ3v) is 3.39. The molecule has 3 heteroatoms. The molecule has 0 aliphatic heterocycles. The van der Waals surface area contributed by atoms with Gasteiger partial charge in [-0.1, -0.05) is 28.1 Å². The zero-order valence-electron chi connectivity index (χ0n) is 8.44. The van der Waals surface area contributed by atoms with Crippen molar-refractivity contribution in [2.24, 2.45) is 5.92 Å². The van der Waals surface area contributed by atoms with Crippen LogP contribution in [0.3, 0.4) is 0 Å². The average Bonchev–Trinajstić information content (AvgIpc) is 3.04. The average molecular weight is 271 g/mol. The fourth-order valence-electron chi connectivity index (χ4n) is 1.73. The smallest absolute Gasteiger partial charge is 0.0842 e. The molecule has 1 aromatic rings. The van der Waals surface area contributed by atoms with E-state index < -0.39 is 12.2 Å². The van der Waals surface area contributed by atoms with Crippen molar-refractivity contribution in [3.63, 3.8) is 0 Å². The molecule has 0 amide bonds. The van der Waals surface area contributed by atoms with Crippen LogP contribution in [0.15, 0.2) is 28.7 Å². The third-order valence-electron chi connectivity index (χ3n) is 2.86. The first-order chi connectivity index (χ1) is 7.16. The topological polar surface area (TPSA) is 40.5 Å². The van der Waals surface area contributed by atoms with Gasteiger partial charge in [0, 0.05) is 10.9 Å². The molecule has 2 N–H and O–H groups in total. The van der Waals surface area contributed by atoms with Gasteiger partial charge in [0.2, 0.25) is 0 Å². The first-order valence-electron chi connectivity index (χ1n) is 5.27. The second kappa shape index (κ2) is 4.64. The Morgan fingerprint density at radius 3 is 2.33 bits per heavy atom. The highest BCUT2D eigenvalue weighted by Gasteiger charge is 2.34. The number of hydrogen-bond acceptors (Lipinski definition) is 2. The molecule has 0 heterocycles. The lowest BCUT2D eigenvalue weighted by Gasteiger charge is -2.17. The van der Waals surface area contributed by atoms with Gasteiger partial charge in [0.25, 0.3) is 0 Å². The highest BCUT2D eigenvalue weighted by molar-refractivity contribution is 9.10. The van der Waals surface area contributed by atoms with Gasteiger partial charge in [0.1, 0.15) is 0 Å². The number of aliphatic hydroxyl groups excluding tert-OH is 2. The number of aliphatic hydroxyl groups is 2. The van der Waals surface area contributed by atoms with E-state index in [0.717, 1.165) is 22.9 Å². The summed E-state index contributed by atoms with van der Waals surface area (Å²) in [6, 6.07) is 7.83. The van der Waals surface area contributed by atoms with Crippen LogP contribution in [-0.2, 0) is 6.42 Å². The molecule has 1 aliphatic rings. The molecule has 2 rings (SSSR count). The first kappa shape index (κ1) is 11.1. The summed E-state index contributed by atoms with van der Waals surface area (Å²) in [5.74, 6) is 0.329. The van der Waals surface area contributed by atoms with Gasteiger partial charge in [-0.25, -0.2) is 0 Å². The Labute approximate surface area is 98.1 Å². The summed E-state index contributed by atoms with van der Waals surface area (Å²) in [7, 11) is 0. The van der Waals surface area contributed by atoms with E-state index >= 15 is 0 Å². The molecule has 1 aromatic carbocycles. The second-order valence-corrected chi connectivity index (χ2v) is 5.14. The summed E-state index contributed by atoms with van der Waals surface area (Å²) in [6.07, 6.45) is 1.47. The normalized spacial score (nSPS) is 19.9. The number of rotatable bonds is 4. The standard InChI is InChI=1S/C12H15BrO2/c13-10-5-1-8(2-6-10)7-11(14)12(15)9-3-4-9/h1-2,5-6,9,11-12,14-15H,3-4,7H2. The van der Waals surface area contributed by atoms with Crippen LogP contribution >= 0.6 is 15.9 Å². The van der Waals surface area contributed by atoms with Crippen molar-refractivity contribution in [3.05, 3.63) is 34.3 Å². The van der Waals surface area contributed by atoms with Crippen molar-refractivity contribution in [2.75, 3.05) is 0 Å². The fraction of sp³-hybridized carbons (Fsp3) is 0.500. The van der Waals surface area contributed by atoms with Crippen LogP contribution in [0.5, 0.6) is 0 Å². The molecule has 15 heavy (non-hydrogen) atoms. The Morgan fingerprint density at radius 2 is 1.80 bits per heavy atom. The largest absolute Gasteiger partial charge is 0.390 e. The monoisotopic (exact) mass is 270 g/mol. The lowest BCUT2D eigenvalue weighted by atomic mass is 10.0. The predicted octanol–water partition coefficient (Wildman–Crippen LogP) is 2.12. The van der Waals surface area contributed by atoms with Crippen molar-refractivity contribution < 1.29 is 10.2 Å². The quantitative estimate of drug-likeness (QED) is 0.880. The number of benzene rings is 1. The third kappa shape index (κ3) is 3.03. The van der Waals surface area contributed by atoms with Crippen molar-refractivity contribution in [1.29, 1.82) is 0 Å². The van der Waals surface area contributed by atoms with Gasteiger partial charge in [-0.15, -0.1) is 0 Å². The van der Waals surface area contributed by atoms with E-state index in [0.29, 0.717) is 12.3 Å². The van der Waals surface area contributed by atoms with Crippen LogP contribution in [0.4, 0.5) is 0 Å². The van der Waals surface area contributed by atoms with E-state index in [1.165, 1.54) is 0 Å². The van der Waals surface area contributed by atoms with E-state index in [1.807, 2.05) is 24.3 Å². The van der Waals surface area contributed by atoms with Crippen LogP contribution in [0.25, 0.3) is 0 Å². The van der Waals surface area contributed by atoms with E-state index in [9.17, 15) is 10.2 Å². The van der Waals surface area contributed by atoms with E-state index in [2.05, 4.69) is 15.9 Å². The maximum atomic E-state index is 9.79. The molecular formula is C12H15BrO2. The van der Waals surface area contributed by atoms with Crippen LogP contribution < -0.4 is 0 Å². The number of hydrogen-bond donors (Lipinski definition) is 2. The Kier molecular flexibility index (Phi) is 3.44. The molecule has 0 spiro atoms. The highest BCUT2D eigenvalue weighted by atomic mass is 79.9. The van der Waals surface area contributed by atoms with Crippen molar-refractivity contribution >= 4 is 15.9 Å². The molecule has 1 saturated carbocycles. The maximum absolute atomic E-state index is 9.79. The summed E-state index contributed by atoms with van der Waals surface area (Å²) >= 11 is 3.36. The minimum atomic E-state index is -0.626. The minimum absolute atomic E-state index is 0.329. The molecule has 1 aliphatic carbocycles. The Morgan fingerprint density at radius 1 is 1.20 bits per heavy atom. The maximum Gasteiger partial charge on any atom is 0.0842 e. The highest BCUT2D eigenvalue weighted by Crippen LogP contribution is 2.34. The summed E-state index contributed by atoms with van der Waals surface area (Å²) < 4.78 is 1.03. The predicted molar refractivity (Wildman–Crippen MR) is 62.6 cm³/mol. The van der Waals surface area contributed by atoms with Crippen LogP contribution in [0, 0.1) is 5.92 Å². The van der Waals surface area contributed by atoms with E-state index in [-0.39, 0.29) is 0 Å². The van der Waals surface area contributed by atoms with Gasteiger partial charge in [-0.05, 0) is 36.5 Å². The fourth-order valence-corrected chi connectivity index (χ4v) is 2.00. The van der Waals surface area contributed by atoms with Gasteiger partial charge in [-0.2, -0.15) is 0 Å². The van der Waals surface area contributed by atoms with Crippen molar-refractivity contribution in [2.45, 2.75) is 31.5 Å². The second-order valence-electron chi connectivity index (χ2n) is 4.23. The van der Waals surface area contributed by atoms with Crippen LogP contribution in [-0.4, -0.2) is 22.4 Å². The molecule has 0 saturated heterocycles. The Balaban J connectivity index is 1.92. The zero-order chi connectivity index (χ0) is 10.8.